The minimum Gasteiger partial charge on any atom is -0.456 e. The molecular formula is C58H43NOS. The summed E-state index contributed by atoms with van der Waals surface area (Å²) in [5.41, 5.74) is 13.9. The maximum atomic E-state index is 6.50. The molecule has 0 bridgehead atoms. The Morgan fingerprint density at radius 1 is 0.377 bits per heavy atom. The van der Waals surface area contributed by atoms with E-state index in [9.17, 15) is 0 Å². The van der Waals surface area contributed by atoms with Gasteiger partial charge >= 0.3 is 0 Å². The molecule has 0 atom stereocenters. The number of hydrogen-bond donors (Lipinski definition) is 0. The van der Waals surface area contributed by atoms with Gasteiger partial charge in [-0.1, -0.05) is 171 Å². The fraction of sp³-hybridized carbons (Fsp3) is 0.103. The Bertz CT molecular complexity index is 3270. The molecular weight excluding hydrogens is 759 g/mol. The summed E-state index contributed by atoms with van der Waals surface area (Å²) in [5, 5.41) is 7.54. The van der Waals surface area contributed by atoms with Crippen LogP contribution in [-0.2, 0) is 0 Å². The van der Waals surface area contributed by atoms with Crippen LogP contribution in [-0.4, -0.2) is 0 Å². The Morgan fingerprint density at radius 2 is 0.869 bits per heavy atom. The van der Waals surface area contributed by atoms with Crippen molar-refractivity contribution in [2.45, 2.75) is 38.0 Å². The van der Waals surface area contributed by atoms with Crippen LogP contribution in [0, 0.1) is 0 Å². The van der Waals surface area contributed by atoms with E-state index in [1.54, 1.807) is 0 Å². The first-order valence-electron chi connectivity index (χ1n) is 21.7. The summed E-state index contributed by atoms with van der Waals surface area (Å²) in [6, 6.07) is 71.6. The minimum absolute atomic E-state index is 0.564. The zero-order chi connectivity index (χ0) is 40.3. The van der Waals surface area contributed by atoms with Crippen LogP contribution in [0.2, 0.25) is 0 Å². The fourth-order valence-electron chi connectivity index (χ4n) is 10.4. The summed E-state index contributed by atoms with van der Waals surface area (Å²) < 4.78 is 9.10. The Balaban J connectivity index is 1.17. The first-order chi connectivity index (χ1) is 30.3. The van der Waals surface area contributed by atoms with Crippen molar-refractivity contribution in [3.63, 3.8) is 0 Å². The molecule has 0 N–H and O–H groups in total. The average molecular weight is 802 g/mol. The van der Waals surface area contributed by atoms with Crippen molar-refractivity contribution in [3.05, 3.63) is 200 Å². The van der Waals surface area contributed by atoms with Gasteiger partial charge < -0.3 is 9.32 Å². The maximum Gasteiger partial charge on any atom is 0.136 e. The third-order valence-electron chi connectivity index (χ3n) is 13.1. The van der Waals surface area contributed by atoms with Crippen LogP contribution in [0.25, 0.3) is 86.3 Å². The number of rotatable bonds is 7. The van der Waals surface area contributed by atoms with Crippen LogP contribution in [0.3, 0.4) is 0 Å². The molecule has 0 aliphatic heterocycles. The van der Waals surface area contributed by atoms with E-state index in [1.165, 1.54) is 90.9 Å². The zero-order valence-electron chi connectivity index (χ0n) is 33.9. The monoisotopic (exact) mass is 801 g/mol. The molecule has 9 aromatic carbocycles. The van der Waals surface area contributed by atoms with Gasteiger partial charge in [-0.25, -0.2) is 0 Å². The molecule has 0 saturated heterocycles. The number of para-hydroxylation sites is 4. The van der Waals surface area contributed by atoms with E-state index >= 15 is 0 Å². The minimum atomic E-state index is 0.564. The molecule has 0 radical (unpaired) electrons. The molecule has 2 nitrogen and oxygen atoms in total. The van der Waals surface area contributed by atoms with Gasteiger partial charge in [-0.15, -0.1) is 11.3 Å². The molecule has 1 aliphatic carbocycles. The van der Waals surface area contributed by atoms with Gasteiger partial charge in [0.15, 0.2) is 0 Å². The molecule has 11 aromatic rings. The van der Waals surface area contributed by atoms with Gasteiger partial charge in [0, 0.05) is 47.6 Å². The number of nitrogens with zero attached hydrogens (tertiary/aromatic N) is 1. The number of thiophene rings is 1. The van der Waals surface area contributed by atoms with E-state index in [2.05, 4.69) is 199 Å². The summed E-state index contributed by atoms with van der Waals surface area (Å²) in [6.45, 7) is 0. The third kappa shape index (κ3) is 5.98. The lowest BCUT2D eigenvalue weighted by molar-refractivity contribution is 0.445. The highest BCUT2D eigenvalue weighted by molar-refractivity contribution is 7.25. The molecule has 1 saturated carbocycles. The summed E-state index contributed by atoms with van der Waals surface area (Å²) in [5.74, 6) is 0.564. The van der Waals surface area contributed by atoms with Crippen molar-refractivity contribution in [2.75, 3.05) is 4.90 Å². The van der Waals surface area contributed by atoms with Gasteiger partial charge in [-0.2, -0.15) is 0 Å². The van der Waals surface area contributed by atoms with Crippen LogP contribution >= 0.6 is 11.3 Å². The van der Waals surface area contributed by atoms with Gasteiger partial charge in [-0.05, 0) is 94.3 Å². The van der Waals surface area contributed by atoms with Crippen molar-refractivity contribution in [2.24, 2.45) is 0 Å². The predicted molar refractivity (Wildman–Crippen MR) is 261 cm³/mol. The molecule has 1 fully saturated rings. The number of furan rings is 1. The van der Waals surface area contributed by atoms with Crippen molar-refractivity contribution in [3.8, 4) is 33.4 Å². The second kappa shape index (κ2) is 15.0. The Morgan fingerprint density at radius 3 is 1.57 bits per heavy atom. The van der Waals surface area contributed by atoms with Crippen molar-refractivity contribution in [1.29, 1.82) is 0 Å². The molecule has 0 amide bonds. The second-order valence-electron chi connectivity index (χ2n) is 16.5. The zero-order valence-corrected chi connectivity index (χ0v) is 34.7. The van der Waals surface area contributed by atoms with E-state index < -0.39 is 0 Å². The van der Waals surface area contributed by atoms with Crippen LogP contribution in [0.5, 0.6) is 0 Å². The smallest absolute Gasteiger partial charge is 0.136 e. The van der Waals surface area contributed by atoms with Gasteiger partial charge in [0.05, 0.1) is 17.1 Å². The first-order valence-corrected chi connectivity index (χ1v) is 22.5. The number of hydrogen-bond acceptors (Lipinski definition) is 3. The molecule has 2 heterocycles. The fourth-order valence-corrected chi connectivity index (χ4v) is 11.6. The Hall–Kier alpha value is -6.94. The third-order valence-corrected chi connectivity index (χ3v) is 14.2. The highest BCUT2D eigenvalue weighted by Gasteiger charge is 2.27. The predicted octanol–water partition coefficient (Wildman–Crippen LogP) is 17.6. The number of fused-ring (bicyclic) bond motifs is 7. The van der Waals surface area contributed by atoms with Crippen LogP contribution in [0.4, 0.5) is 17.1 Å². The van der Waals surface area contributed by atoms with Crippen LogP contribution < -0.4 is 4.90 Å². The first kappa shape index (κ1) is 36.0. The molecule has 1 aliphatic rings. The van der Waals surface area contributed by atoms with E-state index in [0.29, 0.717) is 5.92 Å². The highest BCUT2D eigenvalue weighted by Crippen LogP contribution is 2.52. The molecule has 3 heteroatoms. The van der Waals surface area contributed by atoms with Gasteiger partial charge in [0.1, 0.15) is 11.2 Å². The largest absolute Gasteiger partial charge is 0.456 e. The van der Waals surface area contributed by atoms with E-state index in [1.807, 2.05) is 11.3 Å². The Kier molecular flexibility index (Phi) is 8.82. The summed E-state index contributed by atoms with van der Waals surface area (Å²) in [4.78, 5) is 2.55. The highest BCUT2D eigenvalue weighted by atomic mass is 32.1. The van der Waals surface area contributed by atoms with Crippen LogP contribution in [0.1, 0.15) is 43.6 Å². The summed E-state index contributed by atoms with van der Waals surface area (Å²) in [7, 11) is 0. The number of anilines is 3. The van der Waals surface area contributed by atoms with Crippen molar-refractivity contribution in [1.82, 2.24) is 0 Å². The lowest BCUT2D eigenvalue weighted by Gasteiger charge is -2.32. The summed E-state index contributed by atoms with van der Waals surface area (Å²) >= 11 is 1.87. The topological polar surface area (TPSA) is 16.4 Å². The van der Waals surface area contributed by atoms with Crippen molar-refractivity contribution < 1.29 is 4.42 Å². The van der Waals surface area contributed by atoms with Gasteiger partial charge in [0.25, 0.3) is 0 Å². The molecule has 0 spiro atoms. The van der Waals surface area contributed by atoms with E-state index in [-0.39, 0.29) is 0 Å². The molecule has 2 aromatic heterocycles. The van der Waals surface area contributed by atoms with Crippen LogP contribution in [0.15, 0.2) is 199 Å². The molecule has 292 valence electrons. The van der Waals surface area contributed by atoms with Gasteiger partial charge in [-0.3, -0.25) is 0 Å². The standard InChI is InChI=1S/C58H43NOS/c1-2-18-38(19-3-1)40-27-14-20-39-21-15-28-44(56(39)40)41-22-4-9-31-49(41)59(50-32-10-5-23-42(50)45-29-16-35-53-57(45)47-25-7-12-34-52(47)60-53)51-33-11-6-24-43(51)46-30-17-37-55-58(46)48-26-8-13-36-54(48)61-55/h4-17,20-38H,1-3,18-19H2. The normalized spacial score (nSPS) is 13.5. The summed E-state index contributed by atoms with van der Waals surface area (Å²) in [6.07, 6.45) is 6.43. The van der Waals surface area contributed by atoms with E-state index in [0.717, 1.165) is 50.1 Å². The van der Waals surface area contributed by atoms with Crippen molar-refractivity contribution >= 4 is 81.3 Å². The average Bonchev–Trinajstić information content (AvgIpc) is 3.91. The lowest BCUT2D eigenvalue weighted by atomic mass is 9.80. The van der Waals surface area contributed by atoms with Gasteiger partial charge in [0.2, 0.25) is 0 Å². The SMILES string of the molecule is c1ccc(N(c2ccccc2-c2cccc3oc4ccccc4c23)c2ccccc2-c2cccc3sc4ccccc4c23)c(-c2cccc3cccc(C4CCCCC4)c23)c1. The molecule has 61 heavy (non-hydrogen) atoms. The maximum absolute atomic E-state index is 6.50. The molecule has 0 unspecified atom stereocenters. The number of benzene rings is 9. The quantitative estimate of drug-likeness (QED) is 0.160. The van der Waals surface area contributed by atoms with E-state index in [4.69, 9.17) is 4.42 Å². The lowest BCUT2D eigenvalue weighted by Crippen LogP contribution is -2.14. The molecule has 12 rings (SSSR count). The Labute approximate surface area is 360 Å². The second-order valence-corrected chi connectivity index (χ2v) is 17.6.